The van der Waals surface area contributed by atoms with Crippen molar-refractivity contribution in [2.45, 2.75) is 31.8 Å². The minimum atomic E-state index is -0.756. The summed E-state index contributed by atoms with van der Waals surface area (Å²) in [6.07, 6.45) is -0.333. The summed E-state index contributed by atoms with van der Waals surface area (Å²) in [5.74, 6) is 0. The molecule has 6 nitrogen and oxygen atoms in total. The number of hydrogen-bond acceptors (Lipinski definition) is 4. The average Bonchev–Trinajstić information content (AvgIpc) is 2.65. The molecule has 16 heavy (non-hydrogen) atoms. The number of aromatic nitrogens is 2. The highest BCUT2D eigenvalue weighted by Gasteiger charge is 2.32. The van der Waals surface area contributed by atoms with Crippen molar-refractivity contribution in [3.05, 3.63) is 30.6 Å². The highest BCUT2D eigenvalue weighted by molar-refractivity contribution is 14.1. The lowest BCUT2D eigenvalue weighted by Gasteiger charge is -2.13. The van der Waals surface area contributed by atoms with Crippen LogP contribution in [0.3, 0.4) is 0 Å². The SMILES string of the molecule is [2H]C[C@H]1O[C@@H](n2cc(I)c(=O)[nH]c2=O)CC1O. The number of halogens is 1. The van der Waals surface area contributed by atoms with Gasteiger partial charge in [-0.3, -0.25) is 14.3 Å². The molecule has 1 unspecified atom stereocenters. The summed E-state index contributed by atoms with van der Waals surface area (Å²) in [5, 5.41) is 9.60. The Bertz CT molecular complexity index is 528. The minimum absolute atomic E-state index is 0.0626. The number of rotatable bonds is 1. The molecule has 0 aromatic carbocycles. The number of aromatic amines is 1. The first kappa shape index (κ1) is 10.5. The molecule has 0 bridgehead atoms. The van der Waals surface area contributed by atoms with E-state index in [4.69, 9.17) is 6.11 Å². The average molecular weight is 339 g/mol. The maximum atomic E-state index is 11.6. The summed E-state index contributed by atoms with van der Waals surface area (Å²) < 4.78 is 14.2. The summed E-state index contributed by atoms with van der Waals surface area (Å²) in [4.78, 5) is 24.9. The van der Waals surface area contributed by atoms with Gasteiger partial charge in [0.25, 0.3) is 5.56 Å². The van der Waals surface area contributed by atoms with Gasteiger partial charge in [-0.25, -0.2) is 4.79 Å². The predicted octanol–water partition coefficient (Wildman–Crippen LogP) is -0.191. The van der Waals surface area contributed by atoms with Gasteiger partial charge in [0.1, 0.15) is 6.23 Å². The summed E-state index contributed by atoms with van der Waals surface area (Å²) >= 11 is 1.81. The predicted molar refractivity (Wildman–Crippen MR) is 64.2 cm³/mol. The fourth-order valence-corrected chi connectivity index (χ4v) is 2.00. The number of H-pyrrole nitrogens is 1. The van der Waals surface area contributed by atoms with Gasteiger partial charge in [0.2, 0.25) is 0 Å². The van der Waals surface area contributed by atoms with Crippen LogP contribution in [0.5, 0.6) is 0 Å². The molecule has 2 heterocycles. The normalized spacial score (nSPS) is 30.4. The molecule has 0 spiro atoms. The lowest BCUT2D eigenvalue weighted by Crippen LogP contribution is -2.33. The number of hydrogen-bond donors (Lipinski definition) is 2. The maximum absolute atomic E-state index is 11.6. The number of nitrogens with zero attached hydrogens (tertiary/aromatic N) is 1. The first-order chi connectivity index (χ1) is 8.02. The molecule has 1 aliphatic rings. The van der Waals surface area contributed by atoms with Crippen LogP contribution in [0.4, 0.5) is 0 Å². The van der Waals surface area contributed by atoms with E-state index in [2.05, 4.69) is 4.98 Å². The van der Waals surface area contributed by atoms with Crippen LogP contribution >= 0.6 is 22.6 Å². The first-order valence-corrected chi connectivity index (χ1v) is 5.74. The van der Waals surface area contributed by atoms with E-state index in [1.165, 1.54) is 10.8 Å². The van der Waals surface area contributed by atoms with Gasteiger partial charge in [-0.05, 0) is 29.5 Å². The van der Waals surface area contributed by atoms with Crippen molar-refractivity contribution in [2.24, 2.45) is 0 Å². The van der Waals surface area contributed by atoms with Crippen molar-refractivity contribution in [3.8, 4) is 0 Å². The summed E-state index contributed by atoms with van der Waals surface area (Å²) in [6, 6.07) is 0. The Kier molecular flexibility index (Phi) is 2.82. The van der Waals surface area contributed by atoms with Crippen LogP contribution < -0.4 is 11.2 Å². The van der Waals surface area contributed by atoms with Crippen molar-refractivity contribution >= 4 is 22.6 Å². The van der Waals surface area contributed by atoms with Crippen LogP contribution in [-0.4, -0.2) is 26.9 Å². The standard InChI is InChI=1S/C9H11IN2O4/c1-4-6(13)2-7(16-4)12-3-5(10)8(14)11-9(12)15/h3-4,6-7,13H,2H2,1H3,(H,11,14,15)/t4-,6?,7-/m1/s1/i1D. The molecule has 1 aromatic rings. The van der Waals surface area contributed by atoms with Crippen molar-refractivity contribution in [3.63, 3.8) is 0 Å². The first-order valence-electron chi connectivity index (χ1n) is 5.37. The molecule has 1 fully saturated rings. The second-order valence-corrected chi connectivity index (χ2v) is 4.74. The third-order valence-corrected chi connectivity index (χ3v) is 3.21. The van der Waals surface area contributed by atoms with Gasteiger partial charge in [0.05, 0.1) is 15.8 Å². The van der Waals surface area contributed by atoms with Crippen LogP contribution in [0.2, 0.25) is 0 Å². The number of ether oxygens (including phenoxy) is 1. The molecule has 0 radical (unpaired) electrons. The second-order valence-electron chi connectivity index (χ2n) is 3.58. The minimum Gasteiger partial charge on any atom is -0.390 e. The topological polar surface area (TPSA) is 84.3 Å². The molecule has 7 heteroatoms. The van der Waals surface area contributed by atoms with Crippen molar-refractivity contribution in [2.75, 3.05) is 0 Å². The Morgan fingerprint density at radius 1 is 1.75 bits per heavy atom. The van der Waals surface area contributed by atoms with Crippen LogP contribution in [0.25, 0.3) is 0 Å². The smallest absolute Gasteiger partial charge is 0.330 e. The Morgan fingerprint density at radius 2 is 2.50 bits per heavy atom. The Balaban J connectivity index is 2.34. The van der Waals surface area contributed by atoms with E-state index in [9.17, 15) is 14.7 Å². The third-order valence-electron chi connectivity index (χ3n) is 2.44. The van der Waals surface area contributed by atoms with Crippen LogP contribution in [0.1, 0.15) is 20.9 Å². The number of aliphatic hydroxyl groups is 1. The summed E-state index contributed by atoms with van der Waals surface area (Å²) in [6.45, 7) is -0.0626. The van der Waals surface area contributed by atoms with Gasteiger partial charge >= 0.3 is 5.69 Å². The molecule has 1 aliphatic heterocycles. The van der Waals surface area contributed by atoms with E-state index in [1.54, 1.807) is 0 Å². The lowest BCUT2D eigenvalue weighted by atomic mass is 10.2. The molecule has 0 aliphatic carbocycles. The van der Waals surface area contributed by atoms with E-state index >= 15 is 0 Å². The van der Waals surface area contributed by atoms with E-state index in [0.717, 1.165) is 0 Å². The largest absolute Gasteiger partial charge is 0.390 e. The monoisotopic (exact) mass is 339 g/mol. The number of aliphatic hydroxyl groups excluding tert-OH is 1. The van der Waals surface area contributed by atoms with Crippen LogP contribution in [0.15, 0.2) is 15.8 Å². The van der Waals surface area contributed by atoms with Gasteiger partial charge in [-0.15, -0.1) is 0 Å². The summed E-state index contributed by atoms with van der Waals surface area (Å²) in [7, 11) is 0. The maximum Gasteiger partial charge on any atom is 0.330 e. The third kappa shape index (κ3) is 2.06. The molecule has 0 amide bonds. The molecule has 2 N–H and O–H groups in total. The van der Waals surface area contributed by atoms with Gasteiger partial charge in [-0.2, -0.15) is 0 Å². The molecular weight excluding hydrogens is 327 g/mol. The zero-order valence-electron chi connectivity index (χ0n) is 9.22. The quantitative estimate of drug-likeness (QED) is 0.695. The Hall–Kier alpha value is -0.670. The highest BCUT2D eigenvalue weighted by Crippen LogP contribution is 2.26. The van der Waals surface area contributed by atoms with Crippen LogP contribution in [0, 0.1) is 3.57 Å². The molecule has 1 saturated heterocycles. The van der Waals surface area contributed by atoms with Crippen molar-refractivity contribution in [1.29, 1.82) is 0 Å². The Morgan fingerprint density at radius 3 is 3.12 bits per heavy atom. The summed E-state index contributed by atoms with van der Waals surface area (Å²) in [5.41, 5.74) is -1.01. The van der Waals surface area contributed by atoms with Gasteiger partial charge in [0, 0.05) is 14.0 Å². The van der Waals surface area contributed by atoms with Gasteiger partial charge in [-0.1, -0.05) is 0 Å². The Labute approximate surface area is 106 Å². The fourth-order valence-electron chi connectivity index (χ4n) is 1.56. The second kappa shape index (κ2) is 4.30. The van der Waals surface area contributed by atoms with E-state index < -0.39 is 29.7 Å². The molecule has 88 valence electrons. The van der Waals surface area contributed by atoms with Gasteiger partial charge in [0.15, 0.2) is 0 Å². The van der Waals surface area contributed by atoms with E-state index in [1.807, 2.05) is 22.6 Å². The zero-order valence-corrected chi connectivity index (χ0v) is 10.4. The van der Waals surface area contributed by atoms with Crippen molar-refractivity contribution < 1.29 is 11.2 Å². The molecular formula is C9H11IN2O4. The molecule has 1 aromatic heterocycles. The van der Waals surface area contributed by atoms with Crippen LogP contribution in [-0.2, 0) is 4.74 Å². The van der Waals surface area contributed by atoms with E-state index in [0.29, 0.717) is 3.57 Å². The molecule has 2 rings (SSSR count). The van der Waals surface area contributed by atoms with Gasteiger partial charge < -0.3 is 9.84 Å². The number of nitrogens with one attached hydrogen (secondary N) is 1. The lowest BCUT2D eigenvalue weighted by molar-refractivity contribution is -0.0102. The zero-order chi connectivity index (χ0) is 12.6. The van der Waals surface area contributed by atoms with E-state index in [-0.39, 0.29) is 13.3 Å². The van der Waals surface area contributed by atoms with Crippen molar-refractivity contribution in [1.82, 2.24) is 9.55 Å². The highest BCUT2D eigenvalue weighted by atomic mass is 127. The fraction of sp³-hybridized carbons (Fsp3) is 0.556. The molecule has 3 atom stereocenters. The molecule has 0 saturated carbocycles.